The second-order valence-electron chi connectivity index (χ2n) is 7.01. The van der Waals surface area contributed by atoms with Gasteiger partial charge in [-0.3, -0.25) is 9.59 Å². The molecule has 1 unspecified atom stereocenters. The van der Waals surface area contributed by atoms with E-state index in [2.05, 4.69) is 23.2 Å². The first-order valence-corrected chi connectivity index (χ1v) is 13.1. The van der Waals surface area contributed by atoms with E-state index in [0.29, 0.717) is 35.2 Å². The molecular formula is C20H28N6O2S3. The predicted octanol–water partition coefficient (Wildman–Crippen LogP) is 2.96. The highest BCUT2D eigenvalue weighted by Gasteiger charge is 2.25. The second kappa shape index (κ2) is 11.1. The molecule has 0 spiro atoms. The molecule has 8 nitrogen and oxygen atoms in total. The monoisotopic (exact) mass is 480 g/mol. The molecule has 1 aliphatic rings. The van der Waals surface area contributed by atoms with E-state index in [1.165, 1.54) is 28.2 Å². The largest absolute Gasteiger partial charge is 0.343 e. The van der Waals surface area contributed by atoms with Crippen molar-refractivity contribution in [2.24, 2.45) is 0 Å². The number of anilines is 1. The van der Waals surface area contributed by atoms with Gasteiger partial charge < -0.3 is 15.6 Å². The Kier molecular flexibility index (Phi) is 8.56. The molecule has 2 N–H and O–H groups in total. The molecule has 3 rings (SSSR count). The Balaban J connectivity index is 1.61. The molecule has 1 aliphatic heterocycles. The van der Waals surface area contributed by atoms with Crippen LogP contribution in [0, 0.1) is 0 Å². The molecule has 0 radical (unpaired) electrons. The molecule has 0 fully saturated rings. The zero-order valence-electron chi connectivity index (χ0n) is 18.0. The van der Waals surface area contributed by atoms with Gasteiger partial charge in [0, 0.05) is 29.8 Å². The average molecular weight is 481 g/mol. The van der Waals surface area contributed by atoms with Crippen molar-refractivity contribution in [3.63, 3.8) is 0 Å². The van der Waals surface area contributed by atoms with Crippen LogP contribution in [0.4, 0.5) is 5.69 Å². The van der Waals surface area contributed by atoms with Crippen LogP contribution >= 0.6 is 35.3 Å². The maximum Gasteiger partial charge on any atom is 0.237 e. The second-order valence-corrected chi connectivity index (χ2v) is 10.4. The van der Waals surface area contributed by atoms with Crippen molar-refractivity contribution in [3.8, 4) is 0 Å². The van der Waals surface area contributed by atoms with Gasteiger partial charge >= 0.3 is 0 Å². The lowest BCUT2D eigenvalue weighted by atomic mass is 10.2. The number of benzene rings is 1. The first-order chi connectivity index (χ1) is 14.9. The molecule has 1 aromatic carbocycles. The summed E-state index contributed by atoms with van der Waals surface area (Å²) in [5.41, 5.74) is 0.961. The highest BCUT2D eigenvalue weighted by Crippen LogP contribution is 2.37. The number of nitrogens with zero attached hydrogens (tertiary/aromatic N) is 5. The van der Waals surface area contributed by atoms with Crippen LogP contribution in [0.3, 0.4) is 0 Å². The van der Waals surface area contributed by atoms with Gasteiger partial charge in [0.25, 0.3) is 0 Å². The minimum atomic E-state index is 0.0149. The van der Waals surface area contributed by atoms with Gasteiger partial charge in [-0.25, -0.2) is 4.68 Å². The van der Waals surface area contributed by atoms with Crippen LogP contribution in [0.25, 0.3) is 0 Å². The molecule has 2 heterocycles. The van der Waals surface area contributed by atoms with Crippen molar-refractivity contribution in [1.82, 2.24) is 19.8 Å². The van der Waals surface area contributed by atoms with Crippen molar-refractivity contribution in [3.05, 3.63) is 24.3 Å². The molecule has 0 saturated carbocycles. The summed E-state index contributed by atoms with van der Waals surface area (Å²) < 4.78 is 1.35. The number of para-hydroxylation sites is 1. The smallest absolute Gasteiger partial charge is 0.237 e. The van der Waals surface area contributed by atoms with Crippen LogP contribution < -0.4 is 10.7 Å². The number of carbonyl (C=O) groups is 2. The fraction of sp³-hybridized carbons (Fsp3) is 0.500. The van der Waals surface area contributed by atoms with Crippen molar-refractivity contribution < 1.29 is 9.59 Å². The molecule has 11 heteroatoms. The summed E-state index contributed by atoms with van der Waals surface area (Å²) in [6, 6.07) is 8.02. The van der Waals surface area contributed by atoms with Crippen molar-refractivity contribution in [2.75, 3.05) is 41.9 Å². The van der Waals surface area contributed by atoms with Gasteiger partial charge in [-0.05, 0) is 32.4 Å². The number of fused-ring (bicyclic) bond motifs is 1. The van der Waals surface area contributed by atoms with Crippen molar-refractivity contribution >= 4 is 52.8 Å². The standard InChI is InChI=1S/C20H28N6O2S3/c1-4-24(5-2)17(27)12-29-19-22-23-20(26(19)21)30-13-18(28)25-11-10-14(3)31-16-9-7-6-8-15(16)25/h6-9,14H,4-5,10-13,21H2,1-3H3. The summed E-state index contributed by atoms with van der Waals surface area (Å²) >= 11 is 4.32. The van der Waals surface area contributed by atoms with Crippen LogP contribution in [0.15, 0.2) is 39.5 Å². The lowest BCUT2D eigenvalue weighted by Crippen LogP contribution is -2.33. The van der Waals surface area contributed by atoms with E-state index in [1.54, 1.807) is 16.7 Å². The van der Waals surface area contributed by atoms with E-state index in [0.717, 1.165) is 17.0 Å². The number of amides is 2. The van der Waals surface area contributed by atoms with Gasteiger partial charge in [0.15, 0.2) is 0 Å². The van der Waals surface area contributed by atoms with Gasteiger partial charge in [-0.15, -0.1) is 22.0 Å². The Hall–Kier alpha value is -1.85. The number of thioether (sulfide) groups is 3. The highest BCUT2D eigenvalue weighted by atomic mass is 32.2. The van der Waals surface area contributed by atoms with Gasteiger partial charge in [0.1, 0.15) is 0 Å². The molecule has 2 amide bonds. The number of hydrogen-bond donors (Lipinski definition) is 1. The van der Waals surface area contributed by atoms with Crippen LogP contribution in [0.1, 0.15) is 27.2 Å². The molecule has 168 valence electrons. The normalized spacial score (nSPS) is 16.0. The highest BCUT2D eigenvalue weighted by molar-refractivity contribution is 8.00. The lowest BCUT2D eigenvalue weighted by molar-refractivity contribution is -0.128. The van der Waals surface area contributed by atoms with Gasteiger partial charge in [-0.1, -0.05) is 42.6 Å². The summed E-state index contributed by atoms with van der Waals surface area (Å²) in [7, 11) is 0. The molecular weight excluding hydrogens is 452 g/mol. The Morgan fingerprint density at radius 2 is 1.81 bits per heavy atom. The molecule has 0 saturated heterocycles. The van der Waals surface area contributed by atoms with Crippen molar-refractivity contribution in [2.45, 2.75) is 47.7 Å². The first kappa shape index (κ1) is 23.8. The van der Waals surface area contributed by atoms with Crippen LogP contribution in [-0.2, 0) is 9.59 Å². The predicted molar refractivity (Wildman–Crippen MR) is 128 cm³/mol. The minimum absolute atomic E-state index is 0.0149. The summed E-state index contributed by atoms with van der Waals surface area (Å²) in [6.07, 6.45) is 0.935. The zero-order valence-corrected chi connectivity index (χ0v) is 20.4. The Labute approximate surface area is 195 Å². The lowest BCUT2D eigenvalue weighted by Gasteiger charge is -2.22. The van der Waals surface area contributed by atoms with Gasteiger partial charge in [-0.2, -0.15) is 0 Å². The van der Waals surface area contributed by atoms with Crippen LogP contribution in [0.2, 0.25) is 0 Å². The Morgan fingerprint density at radius 1 is 1.16 bits per heavy atom. The van der Waals surface area contributed by atoms with E-state index in [9.17, 15) is 9.59 Å². The third kappa shape index (κ3) is 5.89. The topological polar surface area (TPSA) is 97.4 Å². The Morgan fingerprint density at radius 3 is 2.48 bits per heavy atom. The third-order valence-corrected chi connectivity index (χ3v) is 8.04. The molecule has 2 aromatic rings. The summed E-state index contributed by atoms with van der Waals surface area (Å²) in [4.78, 5) is 29.9. The van der Waals surface area contributed by atoms with E-state index < -0.39 is 0 Å². The number of carbonyl (C=O) groups excluding carboxylic acids is 2. The number of nitrogen functional groups attached to an aromatic ring is 1. The maximum absolute atomic E-state index is 13.0. The first-order valence-electron chi connectivity index (χ1n) is 10.2. The van der Waals surface area contributed by atoms with Gasteiger partial charge in [0.2, 0.25) is 22.1 Å². The molecule has 0 aliphatic carbocycles. The maximum atomic E-state index is 13.0. The molecule has 1 aromatic heterocycles. The fourth-order valence-corrected chi connectivity index (χ4v) is 5.87. The molecule has 31 heavy (non-hydrogen) atoms. The van der Waals surface area contributed by atoms with E-state index in [4.69, 9.17) is 5.84 Å². The quantitative estimate of drug-likeness (QED) is 0.455. The van der Waals surface area contributed by atoms with Crippen molar-refractivity contribution in [1.29, 1.82) is 0 Å². The third-order valence-electron chi connectivity index (χ3n) is 4.94. The number of rotatable bonds is 8. The summed E-state index contributed by atoms with van der Waals surface area (Å²) in [6.45, 7) is 8.12. The number of hydrogen-bond acceptors (Lipinski definition) is 8. The Bertz CT molecular complexity index is 918. The summed E-state index contributed by atoms with van der Waals surface area (Å²) in [5, 5.41) is 9.55. The SMILES string of the molecule is CCN(CC)C(=O)CSc1nnc(SCC(=O)N2CCC(C)Sc3ccccc32)n1N. The number of aromatic nitrogens is 3. The fourth-order valence-electron chi connectivity index (χ4n) is 3.20. The van der Waals surface area contributed by atoms with Gasteiger partial charge in [0.05, 0.1) is 17.2 Å². The van der Waals surface area contributed by atoms with Crippen LogP contribution in [-0.4, -0.2) is 68.0 Å². The molecule has 0 bridgehead atoms. The van der Waals surface area contributed by atoms with E-state index >= 15 is 0 Å². The number of nitrogens with two attached hydrogens (primary N) is 1. The van der Waals surface area contributed by atoms with Crippen LogP contribution in [0.5, 0.6) is 0 Å². The van der Waals surface area contributed by atoms with E-state index in [1.807, 2.05) is 36.9 Å². The average Bonchev–Trinajstić information content (AvgIpc) is 3.01. The molecule has 1 atom stereocenters. The summed E-state index contributed by atoms with van der Waals surface area (Å²) in [5.74, 6) is 6.63. The minimum Gasteiger partial charge on any atom is -0.343 e. The zero-order chi connectivity index (χ0) is 22.4. The van der Waals surface area contributed by atoms with E-state index in [-0.39, 0.29) is 23.3 Å².